The maximum Gasteiger partial charge on any atom is 0.227 e. The number of rotatable bonds is 4. The first-order valence-electron chi connectivity index (χ1n) is 6.38. The zero-order valence-electron chi connectivity index (χ0n) is 11.6. The van der Waals surface area contributed by atoms with E-state index in [0.29, 0.717) is 17.0 Å². The highest BCUT2D eigenvalue weighted by atomic mass is 32.2. The first kappa shape index (κ1) is 14.9. The summed E-state index contributed by atoms with van der Waals surface area (Å²) < 4.78 is 41.9. The fraction of sp³-hybridized carbons (Fsp3) is 0.133. The highest BCUT2D eigenvalue weighted by molar-refractivity contribution is 7.89. The molecule has 114 valence electrons. The van der Waals surface area contributed by atoms with Crippen LogP contribution in [0.15, 0.2) is 45.5 Å². The molecule has 0 amide bonds. The van der Waals surface area contributed by atoms with E-state index >= 15 is 0 Å². The third-order valence-corrected chi connectivity index (χ3v) is 4.45. The molecule has 1 aromatic carbocycles. The summed E-state index contributed by atoms with van der Waals surface area (Å²) in [5.74, 6) is 0.152. The monoisotopic (exact) mass is 337 g/mol. The van der Waals surface area contributed by atoms with Gasteiger partial charge in [-0.15, -0.1) is 0 Å². The van der Waals surface area contributed by atoms with Gasteiger partial charge < -0.3 is 4.42 Å². The summed E-state index contributed by atoms with van der Waals surface area (Å²) in [4.78, 5) is 4.29. The van der Waals surface area contributed by atoms with Gasteiger partial charge in [0.25, 0.3) is 0 Å². The second-order valence-corrected chi connectivity index (χ2v) is 7.80. The average molecular weight is 337 g/mol. The van der Waals surface area contributed by atoms with Crippen LogP contribution in [-0.4, -0.2) is 19.7 Å². The average Bonchev–Trinajstić information content (AvgIpc) is 3.06. The minimum absolute atomic E-state index is 0.205. The molecule has 0 saturated heterocycles. The molecule has 0 bridgehead atoms. The first-order chi connectivity index (χ1) is 10.4. The summed E-state index contributed by atoms with van der Waals surface area (Å²) in [5.41, 5.74) is 1.74. The molecule has 0 fully saturated rings. The fourth-order valence-corrected chi connectivity index (χ4v) is 3.36. The largest absolute Gasteiger partial charge is 0.436 e. The number of hydrogen-bond acceptors (Lipinski definition) is 5. The summed E-state index contributed by atoms with van der Waals surface area (Å²) in [6, 6.07) is 7.54. The Kier molecular flexibility index (Phi) is 3.84. The maximum atomic E-state index is 13.0. The Labute approximate surface area is 131 Å². The molecule has 0 atom stereocenters. The van der Waals surface area contributed by atoms with E-state index in [0.717, 1.165) is 11.8 Å². The Morgan fingerprint density at radius 2 is 1.91 bits per heavy atom. The van der Waals surface area contributed by atoms with Gasteiger partial charge in [-0.1, -0.05) is 0 Å². The number of nitrogens with zero attached hydrogens (tertiary/aromatic N) is 1. The van der Waals surface area contributed by atoms with Crippen LogP contribution < -0.4 is 0 Å². The number of benzene rings is 1. The van der Waals surface area contributed by atoms with Gasteiger partial charge >= 0.3 is 0 Å². The van der Waals surface area contributed by atoms with E-state index in [4.69, 9.17) is 4.42 Å². The van der Waals surface area contributed by atoms with Crippen molar-refractivity contribution in [1.82, 2.24) is 4.98 Å². The molecular formula is C15H12FNO3S2. The standard InChI is InChI=1S/C15H12FNO3S2/c1-22(18,19)9-13-14(11-6-7-21-8-11)20-15(17-13)10-2-4-12(16)5-3-10/h2-8H,9H2,1H3. The van der Waals surface area contributed by atoms with Gasteiger partial charge in [-0.2, -0.15) is 11.3 Å². The Morgan fingerprint density at radius 1 is 1.18 bits per heavy atom. The lowest BCUT2D eigenvalue weighted by Crippen LogP contribution is -2.02. The smallest absolute Gasteiger partial charge is 0.227 e. The van der Waals surface area contributed by atoms with Crippen LogP contribution >= 0.6 is 11.3 Å². The molecule has 4 nitrogen and oxygen atoms in total. The van der Waals surface area contributed by atoms with Crippen molar-refractivity contribution in [3.63, 3.8) is 0 Å². The lowest BCUT2D eigenvalue weighted by molar-refractivity contribution is 0.585. The third kappa shape index (κ3) is 3.26. The normalized spacial score (nSPS) is 11.7. The highest BCUT2D eigenvalue weighted by Crippen LogP contribution is 2.32. The Bertz CT molecular complexity index is 882. The predicted molar refractivity (Wildman–Crippen MR) is 83.8 cm³/mol. The van der Waals surface area contributed by atoms with Gasteiger partial charge in [-0.05, 0) is 35.7 Å². The predicted octanol–water partition coefficient (Wildman–Crippen LogP) is 3.75. The topological polar surface area (TPSA) is 60.2 Å². The first-order valence-corrected chi connectivity index (χ1v) is 9.39. The molecule has 3 aromatic rings. The van der Waals surface area contributed by atoms with E-state index in [-0.39, 0.29) is 17.5 Å². The minimum atomic E-state index is -3.25. The van der Waals surface area contributed by atoms with Crippen LogP contribution in [0.3, 0.4) is 0 Å². The van der Waals surface area contributed by atoms with Crippen molar-refractivity contribution in [2.75, 3.05) is 6.26 Å². The zero-order valence-corrected chi connectivity index (χ0v) is 13.2. The summed E-state index contributed by atoms with van der Waals surface area (Å²) >= 11 is 1.48. The van der Waals surface area contributed by atoms with Crippen LogP contribution in [0.4, 0.5) is 4.39 Å². The lowest BCUT2D eigenvalue weighted by atomic mass is 10.2. The van der Waals surface area contributed by atoms with E-state index in [1.165, 1.54) is 23.5 Å². The van der Waals surface area contributed by atoms with Gasteiger partial charge in [0.2, 0.25) is 5.89 Å². The van der Waals surface area contributed by atoms with Crippen molar-refractivity contribution in [3.05, 3.63) is 52.6 Å². The van der Waals surface area contributed by atoms with Crippen molar-refractivity contribution in [1.29, 1.82) is 0 Å². The Hall–Kier alpha value is -1.99. The summed E-state index contributed by atoms with van der Waals surface area (Å²) in [7, 11) is -3.25. The van der Waals surface area contributed by atoms with Gasteiger partial charge in [0, 0.05) is 22.8 Å². The Morgan fingerprint density at radius 3 is 2.50 bits per heavy atom. The molecule has 2 heterocycles. The van der Waals surface area contributed by atoms with E-state index < -0.39 is 9.84 Å². The second kappa shape index (κ2) is 5.66. The second-order valence-electron chi connectivity index (χ2n) is 4.88. The maximum absolute atomic E-state index is 13.0. The number of aromatic nitrogens is 1. The van der Waals surface area contributed by atoms with Crippen LogP contribution in [0.25, 0.3) is 22.8 Å². The van der Waals surface area contributed by atoms with Gasteiger partial charge in [0.15, 0.2) is 15.6 Å². The molecule has 0 aliphatic heterocycles. The fourth-order valence-electron chi connectivity index (χ4n) is 2.03. The van der Waals surface area contributed by atoms with Crippen molar-refractivity contribution < 1.29 is 17.2 Å². The molecule has 3 rings (SSSR count). The van der Waals surface area contributed by atoms with E-state index in [1.54, 1.807) is 12.1 Å². The number of halogens is 1. The lowest BCUT2D eigenvalue weighted by Gasteiger charge is -1.96. The van der Waals surface area contributed by atoms with E-state index in [2.05, 4.69) is 4.98 Å². The number of hydrogen-bond donors (Lipinski definition) is 0. The highest BCUT2D eigenvalue weighted by Gasteiger charge is 2.20. The summed E-state index contributed by atoms with van der Waals surface area (Å²) in [6.07, 6.45) is 1.15. The quantitative estimate of drug-likeness (QED) is 0.727. The van der Waals surface area contributed by atoms with Crippen LogP contribution in [0.2, 0.25) is 0 Å². The number of thiophene rings is 1. The van der Waals surface area contributed by atoms with Gasteiger partial charge in [-0.25, -0.2) is 17.8 Å². The molecule has 0 aliphatic rings. The van der Waals surface area contributed by atoms with Crippen LogP contribution in [-0.2, 0) is 15.6 Å². The molecule has 0 aliphatic carbocycles. The van der Waals surface area contributed by atoms with Gasteiger partial charge in [0.05, 0.1) is 5.75 Å². The van der Waals surface area contributed by atoms with E-state index in [9.17, 15) is 12.8 Å². The van der Waals surface area contributed by atoms with Crippen LogP contribution in [0, 0.1) is 5.82 Å². The number of sulfone groups is 1. The van der Waals surface area contributed by atoms with Gasteiger partial charge in [-0.3, -0.25) is 0 Å². The zero-order chi connectivity index (χ0) is 15.7. The molecule has 7 heteroatoms. The summed E-state index contributed by atoms with van der Waals surface area (Å²) in [6.45, 7) is 0. The third-order valence-electron chi connectivity index (χ3n) is 2.97. The molecule has 0 radical (unpaired) electrons. The molecular weight excluding hydrogens is 325 g/mol. The van der Waals surface area contributed by atoms with Crippen LogP contribution in [0.1, 0.15) is 5.69 Å². The van der Waals surface area contributed by atoms with Crippen molar-refractivity contribution in [2.45, 2.75) is 5.75 Å². The van der Waals surface area contributed by atoms with Crippen molar-refractivity contribution >= 4 is 21.2 Å². The molecule has 2 aromatic heterocycles. The molecule has 0 spiro atoms. The van der Waals surface area contributed by atoms with E-state index in [1.807, 2.05) is 16.8 Å². The van der Waals surface area contributed by atoms with Crippen LogP contribution in [0.5, 0.6) is 0 Å². The molecule has 0 unspecified atom stereocenters. The van der Waals surface area contributed by atoms with Crippen molar-refractivity contribution in [3.8, 4) is 22.8 Å². The molecule has 22 heavy (non-hydrogen) atoms. The number of oxazole rings is 1. The molecule has 0 saturated carbocycles. The minimum Gasteiger partial charge on any atom is -0.436 e. The van der Waals surface area contributed by atoms with Crippen molar-refractivity contribution in [2.24, 2.45) is 0 Å². The molecule has 0 N–H and O–H groups in total. The summed E-state index contributed by atoms with van der Waals surface area (Å²) in [5, 5.41) is 3.74. The SMILES string of the molecule is CS(=O)(=O)Cc1nc(-c2ccc(F)cc2)oc1-c1ccsc1. The van der Waals surface area contributed by atoms with Gasteiger partial charge in [0.1, 0.15) is 11.5 Å². The Balaban J connectivity index is 2.10.